The molecule has 0 radical (unpaired) electrons. The van der Waals surface area contributed by atoms with Gasteiger partial charge in [-0.15, -0.1) is 0 Å². The van der Waals surface area contributed by atoms with Crippen molar-refractivity contribution in [2.75, 3.05) is 0 Å². The lowest BCUT2D eigenvalue weighted by Gasteiger charge is -2.09. The number of rotatable bonds is 6. The summed E-state index contributed by atoms with van der Waals surface area (Å²) in [7, 11) is 0. The van der Waals surface area contributed by atoms with Crippen LogP contribution in [-0.4, -0.2) is 0 Å². The average molecular weight is 355 g/mol. The molecule has 0 N–H and O–H groups in total. The third kappa shape index (κ3) is 4.46. The Morgan fingerprint density at radius 3 is 2.37 bits per heavy atom. The standard InChI is InChI=1S/C27H30/c1-7-11-16-24-21(6)23-17-12-13-18-26(23)25(15-9-3)27(24)19-20(5)22(10-4)14-8-2/h7-8,10-20H,2,4,6,9H2,1,3,5H3/b11-7-,22-14+,24-16+,25-15-,27-19-. The molecule has 27 heavy (non-hydrogen) atoms. The molecule has 0 heterocycles. The maximum Gasteiger partial charge on any atom is -0.000123 e. The summed E-state index contributed by atoms with van der Waals surface area (Å²) < 4.78 is 0. The van der Waals surface area contributed by atoms with E-state index in [4.69, 9.17) is 0 Å². The molecule has 0 aromatic heterocycles. The summed E-state index contributed by atoms with van der Waals surface area (Å²) in [6, 6.07) is 8.55. The van der Waals surface area contributed by atoms with Gasteiger partial charge >= 0.3 is 0 Å². The van der Waals surface area contributed by atoms with Crippen molar-refractivity contribution in [2.24, 2.45) is 5.92 Å². The molecular formula is C27H30. The van der Waals surface area contributed by atoms with Crippen molar-refractivity contribution >= 4 is 35.6 Å². The van der Waals surface area contributed by atoms with Crippen LogP contribution in [0.5, 0.6) is 0 Å². The summed E-state index contributed by atoms with van der Waals surface area (Å²) in [6.45, 7) is 18.6. The average Bonchev–Trinajstić information content (AvgIpc) is 2.68. The minimum Gasteiger partial charge on any atom is -0.0991 e. The molecule has 0 saturated carbocycles. The van der Waals surface area contributed by atoms with Crippen molar-refractivity contribution in [2.45, 2.75) is 27.2 Å². The van der Waals surface area contributed by atoms with E-state index in [2.05, 4.69) is 88.2 Å². The lowest BCUT2D eigenvalue weighted by molar-refractivity contribution is 0.941. The Bertz CT molecular complexity index is 1120. The highest BCUT2D eigenvalue weighted by Gasteiger charge is 2.05. The molecule has 0 aliphatic carbocycles. The van der Waals surface area contributed by atoms with Gasteiger partial charge in [0.1, 0.15) is 0 Å². The number of hydrogen-bond donors (Lipinski definition) is 0. The van der Waals surface area contributed by atoms with E-state index in [0.29, 0.717) is 0 Å². The van der Waals surface area contributed by atoms with Gasteiger partial charge in [-0.3, -0.25) is 0 Å². The normalized spacial score (nSPS) is 15.7. The molecule has 0 nitrogen and oxygen atoms in total. The summed E-state index contributed by atoms with van der Waals surface area (Å²) in [6.07, 6.45) is 17.7. The van der Waals surface area contributed by atoms with E-state index in [1.54, 1.807) is 0 Å². The van der Waals surface area contributed by atoms with Crippen molar-refractivity contribution in [1.29, 1.82) is 0 Å². The van der Waals surface area contributed by atoms with E-state index >= 15 is 0 Å². The first kappa shape index (κ1) is 20.5. The molecule has 0 aliphatic heterocycles. The molecule has 0 fully saturated rings. The first-order valence-corrected chi connectivity index (χ1v) is 9.58. The zero-order chi connectivity index (χ0) is 19.8. The van der Waals surface area contributed by atoms with E-state index in [-0.39, 0.29) is 5.92 Å². The van der Waals surface area contributed by atoms with E-state index in [1.165, 1.54) is 26.4 Å². The van der Waals surface area contributed by atoms with Crippen LogP contribution in [0.4, 0.5) is 0 Å². The molecule has 0 spiro atoms. The molecule has 2 rings (SSSR count). The summed E-state index contributed by atoms with van der Waals surface area (Å²) in [5.41, 5.74) is 1.16. The summed E-state index contributed by atoms with van der Waals surface area (Å²) >= 11 is 0. The molecule has 138 valence electrons. The van der Waals surface area contributed by atoms with Gasteiger partial charge in [-0.25, -0.2) is 0 Å². The van der Waals surface area contributed by atoms with Gasteiger partial charge in [-0.1, -0.05) is 106 Å². The molecule has 0 aliphatic rings. The fraction of sp³-hybridized carbons (Fsp3) is 0.185. The SMILES string of the molecule is C=C/C=C(\C=C)C(C)/C=c1c(=C/CC)\c2ccccc2c(=C)c\1=C/C=C\C. The van der Waals surface area contributed by atoms with Crippen LogP contribution < -0.4 is 20.9 Å². The fourth-order valence-electron chi connectivity index (χ4n) is 3.45. The summed E-state index contributed by atoms with van der Waals surface area (Å²) in [4.78, 5) is 0. The highest BCUT2D eigenvalue weighted by molar-refractivity contribution is 5.85. The smallest absolute Gasteiger partial charge is 0.000123 e. The molecular weight excluding hydrogens is 324 g/mol. The Balaban J connectivity index is 3.11. The monoisotopic (exact) mass is 354 g/mol. The van der Waals surface area contributed by atoms with E-state index in [9.17, 15) is 0 Å². The largest absolute Gasteiger partial charge is 0.0991 e. The van der Waals surface area contributed by atoms with Crippen LogP contribution in [0, 0.1) is 5.92 Å². The molecule has 0 bridgehead atoms. The van der Waals surface area contributed by atoms with Crippen molar-refractivity contribution < 1.29 is 0 Å². The van der Waals surface area contributed by atoms with Crippen molar-refractivity contribution in [3.63, 3.8) is 0 Å². The predicted octanol–water partition coefficient (Wildman–Crippen LogP) is 4.51. The van der Waals surface area contributed by atoms with Crippen molar-refractivity contribution in [3.05, 3.63) is 94.3 Å². The topological polar surface area (TPSA) is 0 Å². The molecule has 1 unspecified atom stereocenters. The van der Waals surface area contributed by atoms with Gasteiger partial charge in [0.25, 0.3) is 0 Å². The highest BCUT2D eigenvalue weighted by Crippen LogP contribution is 2.12. The Labute approximate surface area is 163 Å². The van der Waals surface area contributed by atoms with Crippen LogP contribution in [-0.2, 0) is 0 Å². The maximum absolute atomic E-state index is 4.42. The van der Waals surface area contributed by atoms with Gasteiger partial charge in [0.2, 0.25) is 0 Å². The second-order valence-corrected chi connectivity index (χ2v) is 6.63. The second-order valence-electron chi connectivity index (χ2n) is 6.63. The molecule has 0 heteroatoms. The van der Waals surface area contributed by atoms with Crippen molar-refractivity contribution in [3.8, 4) is 0 Å². The molecule has 0 amide bonds. The Kier molecular flexibility index (Phi) is 7.37. The fourth-order valence-corrected chi connectivity index (χ4v) is 3.45. The number of hydrogen-bond acceptors (Lipinski definition) is 0. The van der Waals surface area contributed by atoms with Crippen molar-refractivity contribution in [1.82, 2.24) is 0 Å². The first-order valence-electron chi connectivity index (χ1n) is 9.58. The van der Waals surface area contributed by atoms with Crippen LogP contribution in [0.2, 0.25) is 0 Å². The van der Waals surface area contributed by atoms with Gasteiger partial charge in [-0.05, 0) is 56.5 Å². The molecule has 0 saturated heterocycles. The quantitative estimate of drug-likeness (QED) is 0.670. The van der Waals surface area contributed by atoms with Gasteiger partial charge in [0.05, 0.1) is 0 Å². The van der Waals surface area contributed by atoms with Gasteiger partial charge in [0.15, 0.2) is 0 Å². The summed E-state index contributed by atoms with van der Waals surface area (Å²) in [5, 5.41) is 7.24. The van der Waals surface area contributed by atoms with E-state index < -0.39 is 0 Å². The van der Waals surface area contributed by atoms with E-state index in [0.717, 1.165) is 17.2 Å². The Morgan fingerprint density at radius 2 is 1.78 bits per heavy atom. The Hall–Kier alpha value is -2.86. The number of allylic oxidation sites excluding steroid dienone is 6. The summed E-state index contributed by atoms with van der Waals surface area (Å²) in [5.74, 6) is 0.225. The van der Waals surface area contributed by atoms with Gasteiger partial charge < -0.3 is 0 Å². The number of fused-ring (bicyclic) bond motifs is 1. The van der Waals surface area contributed by atoms with Gasteiger partial charge in [-0.2, -0.15) is 0 Å². The van der Waals surface area contributed by atoms with Crippen LogP contribution in [0.3, 0.4) is 0 Å². The highest BCUT2D eigenvalue weighted by atomic mass is 14.1. The third-order valence-electron chi connectivity index (χ3n) is 4.80. The minimum atomic E-state index is 0.225. The molecule has 2 aromatic rings. The zero-order valence-corrected chi connectivity index (χ0v) is 16.8. The molecule has 1 atom stereocenters. The van der Waals surface area contributed by atoms with Crippen LogP contribution in [0.1, 0.15) is 27.2 Å². The molecule has 2 aromatic carbocycles. The first-order chi connectivity index (χ1) is 13.1. The third-order valence-corrected chi connectivity index (χ3v) is 4.80. The lowest BCUT2D eigenvalue weighted by atomic mass is 9.95. The second kappa shape index (κ2) is 9.73. The minimum absolute atomic E-state index is 0.225. The van der Waals surface area contributed by atoms with Crippen LogP contribution in [0.25, 0.3) is 35.6 Å². The Morgan fingerprint density at radius 1 is 1.07 bits per heavy atom. The van der Waals surface area contributed by atoms with Gasteiger partial charge in [0, 0.05) is 0 Å². The lowest BCUT2D eigenvalue weighted by Crippen LogP contribution is -2.48. The predicted molar refractivity (Wildman–Crippen MR) is 124 cm³/mol. The van der Waals surface area contributed by atoms with Crippen LogP contribution >= 0.6 is 0 Å². The van der Waals surface area contributed by atoms with E-state index in [1.807, 2.05) is 25.2 Å². The zero-order valence-electron chi connectivity index (χ0n) is 16.8. The number of benzene rings is 2. The van der Waals surface area contributed by atoms with Crippen LogP contribution in [0.15, 0.2) is 73.4 Å². The maximum atomic E-state index is 4.42.